The number of anilines is 1. The van der Waals surface area contributed by atoms with Crippen LogP contribution >= 0.6 is 15.9 Å². The lowest BCUT2D eigenvalue weighted by molar-refractivity contribution is -0.384. The Morgan fingerprint density at radius 1 is 1.41 bits per heavy atom. The van der Waals surface area contributed by atoms with E-state index in [-0.39, 0.29) is 17.9 Å². The molecule has 2 rings (SSSR count). The molecular weight excluding hydrogens is 294 g/mol. The molecule has 8 heteroatoms. The van der Waals surface area contributed by atoms with Gasteiger partial charge < -0.3 is 5.32 Å². The molecule has 0 atom stereocenters. The van der Waals surface area contributed by atoms with Crippen molar-refractivity contribution in [3.8, 4) is 0 Å². The molecule has 88 valence electrons. The molecule has 3 amide bonds. The summed E-state index contributed by atoms with van der Waals surface area (Å²) >= 11 is 3.15. The monoisotopic (exact) mass is 299 g/mol. The highest BCUT2D eigenvalue weighted by Gasteiger charge is 2.32. The molecule has 1 N–H and O–H groups in total. The quantitative estimate of drug-likeness (QED) is 0.508. The lowest BCUT2D eigenvalue weighted by Crippen LogP contribution is -2.30. The van der Waals surface area contributed by atoms with Gasteiger partial charge in [0.1, 0.15) is 0 Å². The maximum atomic E-state index is 11.5. The number of carbonyl (C=O) groups excluding carboxylic acids is 2. The molecule has 1 heterocycles. The minimum Gasteiger partial charge on any atom is -0.328 e. The largest absolute Gasteiger partial charge is 0.329 e. The normalized spacial score (nSPS) is 15.0. The maximum Gasteiger partial charge on any atom is 0.329 e. The van der Waals surface area contributed by atoms with Crippen LogP contribution in [0.4, 0.5) is 16.2 Å². The zero-order valence-corrected chi connectivity index (χ0v) is 9.93. The number of halogens is 1. The van der Waals surface area contributed by atoms with E-state index < -0.39 is 16.9 Å². The summed E-state index contributed by atoms with van der Waals surface area (Å²) in [5.74, 6) is -0.448. The average Bonchev–Trinajstić information content (AvgIpc) is 2.59. The van der Waals surface area contributed by atoms with Gasteiger partial charge in [-0.2, -0.15) is 0 Å². The lowest BCUT2D eigenvalue weighted by atomic mass is 10.2. The van der Waals surface area contributed by atoms with Crippen LogP contribution in [-0.2, 0) is 4.79 Å². The Morgan fingerprint density at radius 2 is 2.12 bits per heavy atom. The fourth-order valence-corrected chi connectivity index (χ4v) is 1.88. The third-order valence-corrected chi connectivity index (χ3v) is 2.90. The Bertz CT molecular complexity index is 515. The molecule has 0 spiro atoms. The Hall–Kier alpha value is -1.96. The number of non-ortho nitro benzene ring substituents is 1. The van der Waals surface area contributed by atoms with Crippen molar-refractivity contribution in [1.29, 1.82) is 0 Å². The van der Waals surface area contributed by atoms with Gasteiger partial charge in [0, 0.05) is 16.6 Å². The van der Waals surface area contributed by atoms with Crippen molar-refractivity contribution in [3.05, 3.63) is 32.8 Å². The first-order valence-electron chi connectivity index (χ1n) is 4.55. The van der Waals surface area contributed by atoms with Crippen molar-refractivity contribution in [2.24, 2.45) is 0 Å². The maximum absolute atomic E-state index is 11.5. The molecule has 1 aliphatic rings. The number of imide groups is 1. The smallest absolute Gasteiger partial charge is 0.328 e. The number of hydrogen-bond acceptors (Lipinski definition) is 4. The van der Waals surface area contributed by atoms with E-state index in [2.05, 4.69) is 21.2 Å². The molecule has 1 aromatic rings. The van der Waals surface area contributed by atoms with Crippen molar-refractivity contribution in [3.63, 3.8) is 0 Å². The van der Waals surface area contributed by atoms with E-state index in [1.807, 2.05) is 0 Å². The number of rotatable bonds is 2. The number of nitro benzene ring substituents is 1. The van der Waals surface area contributed by atoms with Gasteiger partial charge in [-0.25, -0.2) is 9.69 Å². The molecule has 0 radical (unpaired) electrons. The van der Waals surface area contributed by atoms with Crippen molar-refractivity contribution in [2.75, 3.05) is 11.4 Å². The molecule has 0 aromatic heterocycles. The number of nitrogens with zero attached hydrogens (tertiary/aromatic N) is 2. The first-order chi connectivity index (χ1) is 8.00. The van der Waals surface area contributed by atoms with Crippen LogP contribution in [0.5, 0.6) is 0 Å². The molecule has 0 aliphatic carbocycles. The molecule has 1 aromatic carbocycles. The lowest BCUT2D eigenvalue weighted by Gasteiger charge is -2.13. The number of nitro groups is 1. The topological polar surface area (TPSA) is 92.6 Å². The van der Waals surface area contributed by atoms with Crippen LogP contribution in [0.2, 0.25) is 0 Å². The van der Waals surface area contributed by atoms with E-state index in [9.17, 15) is 19.7 Å². The van der Waals surface area contributed by atoms with Gasteiger partial charge in [-0.05, 0) is 22.0 Å². The van der Waals surface area contributed by atoms with Crippen LogP contribution in [0.15, 0.2) is 22.7 Å². The molecule has 7 nitrogen and oxygen atoms in total. The van der Waals surface area contributed by atoms with Gasteiger partial charge in [0.2, 0.25) is 0 Å². The summed E-state index contributed by atoms with van der Waals surface area (Å²) in [6.45, 7) is -0.103. The average molecular weight is 300 g/mol. The molecule has 1 saturated heterocycles. The summed E-state index contributed by atoms with van der Waals surface area (Å²) < 4.78 is 0.438. The van der Waals surface area contributed by atoms with E-state index in [4.69, 9.17) is 0 Å². The summed E-state index contributed by atoms with van der Waals surface area (Å²) in [5.41, 5.74) is -0.0186. The first-order valence-corrected chi connectivity index (χ1v) is 5.34. The predicted octanol–water partition coefficient (Wildman–Crippen LogP) is 1.41. The number of amides is 3. The predicted molar refractivity (Wildman–Crippen MR) is 61.7 cm³/mol. The van der Waals surface area contributed by atoms with Gasteiger partial charge in [-0.1, -0.05) is 0 Å². The highest BCUT2D eigenvalue weighted by Crippen LogP contribution is 2.31. The summed E-state index contributed by atoms with van der Waals surface area (Å²) in [4.78, 5) is 33.8. The molecule has 1 aliphatic heterocycles. The summed E-state index contributed by atoms with van der Waals surface area (Å²) in [5, 5.41) is 13.0. The highest BCUT2D eigenvalue weighted by atomic mass is 79.9. The van der Waals surface area contributed by atoms with Crippen molar-refractivity contribution in [2.45, 2.75) is 0 Å². The van der Waals surface area contributed by atoms with E-state index in [0.717, 1.165) is 4.90 Å². The van der Waals surface area contributed by atoms with Crippen LogP contribution in [-0.4, -0.2) is 23.4 Å². The Labute approximate surface area is 104 Å². The van der Waals surface area contributed by atoms with E-state index >= 15 is 0 Å². The van der Waals surface area contributed by atoms with Gasteiger partial charge in [0.25, 0.3) is 11.6 Å². The fraction of sp³-hybridized carbons (Fsp3) is 0.111. The fourth-order valence-electron chi connectivity index (χ4n) is 1.45. The SMILES string of the molecule is O=C1CNC(=O)N1c1cc([N+](=O)[O-])ccc1Br. The number of urea groups is 1. The van der Waals surface area contributed by atoms with Crippen molar-refractivity contribution >= 4 is 39.2 Å². The van der Waals surface area contributed by atoms with Gasteiger partial charge in [-0.3, -0.25) is 14.9 Å². The second-order valence-corrected chi connectivity index (χ2v) is 4.14. The van der Waals surface area contributed by atoms with Gasteiger partial charge >= 0.3 is 6.03 Å². The summed E-state index contributed by atoms with van der Waals surface area (Å²) in [7, 11) is 0. The minimum atomic E-state index is -0.589. The Morgan fingerprint density at radius 3 is 2.65 bits per heavy atom. The standard InChI is InChI=1S/C9H6BrN3O4/c10-6-2-1-5(13(16)17)3-7(6)12-8(14)4-11-9(12)15/h1-3H,4H2,(H,11,15). The molecule has 0 bridgehead atoms. The van der Waals surface area contributed by atoms with Crippen LogP contribution in [0, 0.1) is 10.1 Å². The van der Waals surface area contributed by atoms with Gasteiger partial charge in [0.05, 0.1) is 17.2 Å². The van der Waals surface area contributed by atoms with Gasteiger partial charge in [0.15, 0.2) is 0 Å². The number of carbonyl (C=O) groups is 2. The van der Waals surface area contributed by atoms with Gasteiger partial charge in [-0.15, -0.1) is 0 Å². The van der Waals surface area contributed by atoms with E-state index in [1.165, 1.54) is 18.2 Å². The first kappa shape index (κ1) is 11.5. The molecule has 0 unspecified atom stereocenters. The number of benzene rings is 1. The van der Waals surface area contributed by atoms with Crippen LogP contribution in [0.3, 0.4) is 0 Å². The second kappa shape index (κ2) is 4.13. The zero-order chi connectivity index (χ0) is 12.6. The third kappa shape index (κ3) is 1.98. The number of nitrogens with one attached hydrogen (secondary N) is 1. The minimum absolute atomic E-state index is 0.103. The Kier molecular flexibility index (Phi) is 2.80. The highest BCUT2D eigenvalue weighted by molar-refractivity contribution is 9.10. The zero-order valence-electron chi connectivity index (χ0n) is 8.34. The van der Waals surface area contributed by atoms with Crippen LogP contribution in [0.25, 0.3) is 0 Å². The Balaban J connectivity index is 2.50. The summed E-state index contributed by atoms with van der Waals surface area (Å²) in [6, 6.07) is 3.29. The second-order valence-electron chi connectivity index (χ2n) is 3.28. The van der Waals surface area contributed by atoms with E-state index in [0.29, 0.717) is 4.47 Å². The number of hydrogen-bond donors (Lipinski definition) is 1. The van der Waals surface area contributed by atoms with Crippen molar-refractivity contribution in [1.82, 2.24) is 5.32 Å². The van der Waals surface area contributed by atoms with E-state index in [1.54, 1.807) is 0 Å². The molecule has 1 fully saturated rings. The molecule has 0 saturated carbocycles. The van der Waals surface area contributed by atoms with Crippen LogP contribution in [0.1, 0.15) is 0 Å². The third-order valence-electron chi connectivity index (χ3n) is 2.22. The molecule has 17 heavy (non-hydrogen) atoms. The van der Waals surface area contributed by atoms with Crippen LogP contribution < -0.4 is 10.2 Å². The summed E-state index contributed by atoms with van der Waals surface area (Å²) in [6.07, 6.45) is 0. The van der Waals surface area contributed by atoms with Crippen molar-refractivity contribution < 1.29 is 14.5 Å². The molecular formula is C9H6BrN3O4.